The van der Waals surface area contributed by atoms with Gasteiger partial charge in [0.05, 0.1) is 18.8 Å². The molecule has 3 N–H and O–H groups in total. The smallest absolute Gasteiger partial charge is 0.303 e. The molecule has 0 aromatic carbocycles. The number of carbonyl (C=O) groups is 2. The van der Waals surface area contributed by atoms with Gasteiger partial charge in [-0.1, -0.05) is 34.6 Å². The first kappa shape index (κ1) is 35.3. The molecule has 286 valence electrons. The lowest BCUT2D eigenvalue weighted by Crippen LogP contribution is -2.64. The van der Waals surface area contributed by atoms with Gasteiger partial charge >= 0.3 is 11.9 Å². The van der Waals surface area contributed by atoms with E-state index in [1.807, 2.05) is 6.92 Å². The molecule has 12 nitrogen and oxygen atoms in total. The molecule has 5 aliphatic carbocycles. The average molecular weight is 719 g/mol. The molecule has 0 radical (unpaired) electrons. The third kappa shape index (κ3) is 4.31. The maximum atomic E-state index is 12.9. The number of carbonyl (C=O) groups excluding carboxylic acids is 2. The van der Waals surface area contributed by atoms with Crippen molar-refractivity contribution in [3.63, 3.8) is 0 Å². The van der Waals surface area contributed by atoms with Gasteiger partial charge in [0.25, 0.3) is 0 Å². The van der Waals surface area contributed by atoms with Gasteiger partial charge in [-0.25, -0.2) is 0 Å². The van der Waals surface area contributed by atoms with Gasteiger partial charge < -0.3 is 48.5 Å². The van der Waals surface area contributed by atoms with Crippen LogP contribution in [0.2, 0.25) is 0 Å². The average Bonchev–Trinajstić information content (AvgIpc) is 3.87. The molecule has 12 heteroatoms. The summed E-state index contributed by atoms with van der Waals surface area (Å²) in [7, 11) is 0. The van der Waals surface area contributed by atoms with Crippen molar-refractivity contribution in [1.29, 1.82) is 0 Å². The Hall–Kier alpha value is -1.38. The van der Waals surface area contributed by atoms with Gasteiger partial charge in [0, 0.05) is 25.7 Å². The van der Waals surface area contributed by atoms with Crippen molar-refractivity contribution in [1.82, 2.24) is 0 Å². The van der Waals surface area contributed by atoms with Crippen LogP contribution in [0.4, 0.5) is 0 Å². The highest BCUT2D eigenvalue weighted by molar-refractivity contribution is 5.66. The molecule has 0 amide bonds. The van der Waals surface area contributed by atoms with Crippen molar-refractivity contribution in [2.24, 2.45) is 50.7 Å². The first-order valence-corrected chi connectivity index (χ1v) is 19.5. The van der Waals surface area contributed by atoms with Crippen LogP contribution in [-0.4, -0.2) is 101 Å². The number of hydrogen-bond donors (Lipinski definition) is 3. The minimum atomic E-state index is -1.34. The third-order valence-electron chi connectivity index (χ3n) is 17.1. The minimum absolute atomic E-state index is 0.0213. The van der Waals surface area contributed by atoms with Crippen LogP contribution in [0, 0.1) is 50.7 Å². The van der Waals surface area contributed by atoms with Crippen LogP contribution in [-0.2, 0) is 42.7 Å². The number of aliphatic hydroxyl groups excluding tert-OH is 3. The van der Waals surface area contributed by atoms with E-state index >= 15 is 0 Å². The molecule has 4 aliphatic heterocycles. The van der Waals surface area contributed by atoms with Crippen LogP contribution < -0.4 is 0 Å². The summed E-state index contributed by atoms with van der Waals surface area (Å²) >= 11 is 0. The molecule has 4 saturated heterocycles. The van der Waals surface area contributed by atoms with Crippen molar-refractivity contribution < 1.29 is 58.1 Å². The molecule has 9 aliphatic rings. The Morgan fingerprint density at radius 2 is 1.49 bits per heavy atom. The van der Waals surface area contributed by atoms with Crippen molar-refractivity contribution in [2.45, 2.75) is 173 Å². The fraction of sp³-hybridized carbons (Fsp3) is 0.949. The van der Waals surface area contributed by atoms with E-state index < -0.39 is 48.2 Å². The van der Waals surface area contributed by atoms with E-state index in [9.17, 15) is 24.9 Å². The van der Waals surface area contributed by atoms with Crippen LogP contribution in [0.3, 0.4) is 0 Å². The lowest BCUT2D eigenvalue weighted by Gasteiger charge is -2.65. The summed E-state index contributed by atoms with van der Waals surface area (Å²) in [4.78, 5) is 24.4. The summed E-state index contributed by atoms with van der Waals surface area (Å²) in [6, 6.07) is 0. The molecule has 0 aromatic rings. The first-order chi connectivity index (χ1) is 23.8. The normalized spacial score (nSPS) is 60.1. The Balaban J connectivity index is 0.996. The van der Waals surface area contributed by atoms with E-state index in [1.54, 1.807) is 0 Å². The molecule has 4 heterocycles. The second-order valence-corrected chi connectivity index (χ2v) is 19.5. The van der Waals surface area contributed by atoms with Gasteiger partial charge in [-0.2, -0.15) is 0 Å². The van der Waals surface area contributed by atoms with Crippen molar-refractivity contribution in [2.75, 3.05) is 6.61 Å². The highest BCUT2D eigenvalue weighted by Gasteiger charge is 2.87. The van der Waals surface area contributed by atoms with E-state index in [0.717, 1.165) is 44.9 Å². The van der Waals surface area contributed by atoms with Gasteiger partial charge in [0.1, 0.15) is 30.0 Å². The fourth-order valence-electron chi connectivity index (χ4n) is 14.9. The fourth-order valence-corrected chi connectivity index (χ4v) is 14.9. The summed E-state index contributed by atoms with van der Waals surface area (Å²) in [6.45, 7) is 16.3. The standard InChI is InChI=1S/C39H58O12/c1-18-13-39(31-36(8,50-31)32(44)51-39)49-21-14-34(6)24-10-9-23-33(4,5)25(48-30-29(43)28(42)22(16-45-30)46-19(2)40)11-12-37(23)17-38(24,37)15-26(47-20(3)41)35(34,7)27(18)21/h18,21-32,42-44H,9-17H2,1-8H3/t18-,21+,22-,23+,24+,25+,26-,27+,28+,29-,30+,31+,32?,34+,35-,36-,37-,38+,39-/m1/s1. The summed E-state index contributed by atoms with van der Waals surface area (Å²) in [5, 5.41) is 32.4. The highest BCUT2D eigenvalue weighted by Crippen LogP contribution is 2.89. The molecule has 3 spiro atoms. The zero-order valence-corrected chi connectivity index (χ0v) is 31.4. The van der Waals surface area contributed by atoms with Crippen LogP contribution in [0.5, 0.6) is 0 Å². The van der Waals surface area contributed by atoms with E-state index in [-0.39, 0.29) is 75.9 Å². The second kappa shape index (κ2) is 10.7. The molecule has 5 saturated carbocycles. The number of esters is 2. The maximum Gasteiger partial charge on any atom is 0.303 e. The minimum Gasteiger partial charge on any atom is -0.462 e. The maximum absolute atomic E-state index is 12.9. The van der Waals surface area contributed by atoms with E-state index in [2.05, 4.69) is 34.6 Å². The van der Waals surface area contributed by atoms with Crippen molar-refractivity contribution in [3.8, 4) is 0 Å². The largest absolute Gasteiger partial charge is 0.462 e. The second-order valence-electron chi connectivity index (χ2n) is 19.5. The predicted molar refractivity (Wildman–Crippen MR) is 177 cm³/mol. The third-order valence-corrected chi connectivity index (χ3v) is 17.1. The van der Waals surface area contributed by atoms with E-state index in [4.69, 9.17) is 33.2 Å². The van der Waals surface area contributed by atoms with Gasteiger partial charge in [0.2, 0.25) is 5.79 Å². The Morgan fingerprint density at radius 3 is 2.14 bits per heavy atom. The van der Waals surface area contributed by atoms with Crippen molar-refractivity contribution in [3.05, 3.63) is 0 Å². The van der Waals surface area contributed by atoms with Gasteiger partial charge in [-0.15, -0.1) is 0 Å². The lowest BCUT2D eigenvalue weighted by atomic mass is 9.41. The zero-order valence-electron chi connectivity index (χ0n) is 31.4. The molecular formula is C39H58O12. The zero-order chi connectivity index (χ0) is 36.5. The first-order valence-electron chi connectivity index (χ1n) is 19.5. The number of rotatable bonds is 4. The number of hydrogen-bond acceptors (Lipinski definition) is 12. The van der Waals surface area contributed by atoms with Gasteiger partial charge in [-0.3, -0.25) is 9.59 Å². The SMILES string of the molecule is CC(=O)O[C@@H]1CO[C@@H](O[C@H]2CC[C@]34C[C@]35C[C@@H](OC(C)=O)[C@]3(C)[C@H]6[C@H](C)C[C@]7(OC(O)[C@]8(C)O[C@H]78)O[C@H]6C[C@@]3(C)[C@@H]5CC[C@H]4C2(C)C)[C@H](O)[C@H]1O. The number of aliphatic hydroxyl groups is 3. The van der Waals surface area contributed by atoms with Gasteiger partial charge in [0.15, 0.2) is 18.7 Å². The van der Waals surface area contributed by atoms with E-state index in [1.165, 1.54) is 13.8 Å². The number of ether oxygens (including phenoxy) is 7. The summed E-state index contributed by atoms with van der Waals surface area (Å²) in [6.07, 6.45) is 0.799. The highest BCUT2D eigenvalue weighted by atomic mass is 16.8. The summed E-state index contributed by atoms with van der Waals surface area (Å²) in [5.41, 5.74) is -1.34. The molecule has 0 bridgehead atoms. The van der Waals surface area contributed by atoms with Crippen molar-refractivity contribution >= 4 is 11.9 Å². The molecule has 1 unspecified atom stereocenters. The van der Waals surface area contributed by atoms with Crippen LogP contribution in [0.15, 0.2) is 0 Å². The molecule has 9 fully saturated rings. The monoisotopic (exact) mass is 718 g/mol. The molecule has 9 rings (SSSR count). The molecule has 0 aromatic heterocycles. The number of epoxide rings is 1. The Morgan fingerprint density at radius 1 is 0.784 bits per heavy atom. The van der Waals surface area contributed by atoms with Crippen LogP contribution in [0.25, 0.3) is 0 Å². The van der Waals surface area contributed by atoms with Crippen LogP contribution in [0.1, 0.15) is 107 Å². The van der Waals surface area contributed by atoms with E-state index in [0.29, 0.717) is 18.3 Å². The molecular weight excluding hydrogens is 660 g/mol. The Kier molecular flexibility index (Phi) is 7.40. The van der Waals surface area contributed by atoms with Gasteiger partial charge in [-0.05, 0) is 97.2 Å². The lowest BCUT2D eigenvalue weighted by molar-refractivity contribution is -0.346. The van der Waals surface area contributed by atoms with Crippen LogP contribution >= 0.6 is 0 Å². The quantitative estimate of drug-likeness (QED) is 0.220. The summed E-state index contributed by atoms with van der Waals surface area (Å²) in [5.74, 6) is -0.596. The topological polar surface area (TPSA) is 163 Å². The summed E-state index contributed by atoms with van der Waals surface area (Å²) < 4.78 is 43.3. The molecule has 51 heavy (non-hydrogen) atoms. The predicted octanol–water partition coefficient (Wildman–Crippen LogP) is 3.60. The molecule has 19 atom stereocenters. The Bertz CT molecular complexity index is 1500. The Labute approximate surface area is 300 Å². The number of fused-ring (bicyclic) bond motifs is 6.